The second-order valence-electron chi connectivity index (χ2n) is 9.19. The van der Waals surface area contributed by atoms with Gasteiger partial charge in [-0.3, -0.25) is 9.69 Å². The Bertz CT molecular complexity index is 1210. The molecule has 0 saturated heterocycles. The van der Waals surface area contributed by atoms with Crippen molar-refractivity contribution in [2.24, 2.45) is 0 Å². The van der Waals surface area contributed by atoms with Crippen LogP contribution < -0.4 is 14.2 Å². The van der Waals surface area contributed by atoms with E-state index in [9.17, 15) is 4.79 Å². The molecule has 1 aliphatic rings. The van der Waals surface area contributed by atoms with Gasteiger partial charge in [0.2, 0.25) is 5.91 Å². The summed E-state index contributed by atoms with van der Waals surface area (Å²) in [7, 11) is 7.08. The smallest absolute Gasteiger partial charge is 0.228 e. The van der Waals surface area contributed by atoms with Crippen molar-refractivity contribution in [3.63, 3.8) is 0 Å². The molecule has 0 saturated carbocycles. The monoisotopic (exact) mass is 476 g/mol. The SMILES string of the molecule is CCC(N1CCc2cc(OC)c(OC)cc2CC1=O)N(C)C(C)c1ccc2cc(OC)ccc2c1. The average Bonchev–Trinajstić information content (AvgIpc) is 3.04. The van der Waals surface area contributed by atoms with Crippen LogP contribution in [-0.2, 0) is 17.6 Å². The Morgan fingerprint density at radius 2 is 1.57 bits per heavy atom. The van der Waals surface area contributed by atoms with E-state index in [0.717, 1.165) is 35.1 Å². The number of amides is 1. The highest BCUT2D eigenvalue weighted by molar-refractivity contribution is 5.84. The largest absolute Gasteiger partial charge is 0.497 e. The fourth-order valence-electron chi connectivity index (χ4n) is 5.16. The van der Waals surface area contributed by atoms with Gasteiger partial charge in [-0.15, -0.1) is 0 Å². The number of rotatable bonds is 8. The van der Waals surface area contributed by atoms with Crippen molar-refractivity contribution >= 4 is 16.7 Å². The molecule has 2 atom stereocenters. The fourth-order valence-corrected chi connectivity index (χ4v) is 5.16. The second kappa shape index (κ2) is 10.6. The zero-order chi connectivity index (χ0) is 25.1. The average molecular weight is 477 g/mol. The minimum atomic E-state index is 0.00201. The number of fused-ring (bicyclic) bond motifs is 2. The fraction of sp³-hybridized carbons (Fsp3) is 0.414. The Morgan fingerprint density at radius 3 is 2.23 bits per heavy atom. The van der Waals surface area contributed by atoms with Gasteiger partial charge in [0.05, 0.1) is 33.9 Å². The minimum absolute atomic E-state index is 0.00201. The molecule has 3 aromatic carbocycles. The Labute approximate surface area is 208 Å². The van der Waals surface area contributed by atoms with Crippen LogP contribution in [0.25, 0.3) is 10.8 Å². The van der Waals surface area contributed by atoms with Crippen LogP contribution >= 0.6 is 0 Å². The first-order chi connectivity index (χ1) is 16.9. The molecule has 4 rings (SSSR count). The molecule has 1 aliphatic heterocycles. The third-order valence-electron chi connectivity index (χ3n) is 7.35. The lowest BCUT2D eigenvalue weighted by Crippen LogP contribution is -2.50. The molecule has 0 fully saturated rings. The third-order valence-corrected chi connectivity index (χ3v) is 7.35. The molecule has 0 spiro atoms. The highest BCUT2D eigenvalue weighted by Gasteiger charge is 2.31. The van der Waals surface area contributed by atoms with E-state index in [-0.39, 0.29) is 18.1 Å². The number of carbonyl (C=O) groups excluding carboxylic acids is 1. The van der Waals surface area contributed by atoms with Crippen molar-refractivity contribution in [2.45, 2.75) is 45.3 Å². The molecule has 186 valence electrons. The number of ether oxygens (including phenoxy) is 3. The first kappa shape index (κ1) is 24.9. The second-order valence-corrected chi connectivity index (χ2v) is 9.19. The number of benzene rings is 3. The predicted molar refractivity (Wildman–Crippen MR) is 139 cm³/mol. The summed E-state index contributed by atoms with van der Waals surface area (Å²) in [6.45, 7) is 5.03. The summed E-state index contributed by atoms with van der Waals surface area (Å²) in [5.41, 5.74) is 3.39. The highest BCUT2D eigenvalue weighted by Crippen LogP contribution is 2.34. The van der Waals surface area contributed by atoms with Gasteiger partial charge in [0.25, 0.3) is 0 Å². The van der Waals surface area contributed by atoms with E-state index >= 15 is 0 Å². The maximum Gasteiger partial charge on any atom is 0.228 e. The number of methoxy groups -OCH3 is 3. The van der Waals surface area contributed by atoms with Crippen LogP contribution in [0.3, 0.4) is 0 Å². The molecule has 1 heterocycles. The van der Waals surface area contributed by atoms with Gasteiger partial charge >= 0.3 is 0 Å². The standard InChI is InChI=1S/C29H36N2O4/c1-7-28(30(3)19(2)20-8-9-22-15-25(33-4)11-10-21(22)14-20)31-13-12-23-16-26(34-5)27(35-6)17-24(23)18-29(31)32/h8-11,14-17,19,28H,7,12-13,18H2,1-6H3. The van der Waals surface area contributed by atoms with Gasteiger partial charge in [0.15, 0.2) is 11.5 Å². The quantitative estimate of drug-likeness (QED) is 0.446. The molecular formula is C29H36N2O4. The Hall–Kier alpha value is -3.25. The molecule has 35 heavy (non-hydrogen) atoms. The van der Waals surface area contributed by atoms with Crippen LogP contribution in [0.1, 0.15) is 43.0 Å². The lowest BCUT2D eigenvalue weighted by atomic mass is 10.0. The zero-order valence-corrected chi connectivity index (χ0v) is 21.6. The van der Waals surface area contributed by atoms with Gasteiger partial charge in [-0.05, 0) is 84.6 Å². The summed E-state index contributed by atoms with van der Waals surface area (Å²) in [6.07, 6.45) is 2.01. The van der Waals surface area contributed by atoms with Crippen LogP contribution in [0.4, 0.5) is 0 Å². The van der Waals surface area contributed by atoms with Crippen molar-refractivity contribution in [1.29, 1.82) is 0 Å². The summed E-state index contributed by atoms with van der Waals surface area (Å²) < 4.78 is 16.3. The molecule has 1 amide bonds. The molecule has 6 nitrogen and oxygen atoms in total. The van der Waals surface area contributed by atoms with Crippen molar-refractivity contribution in [3.05, 3.63) is 65.2 Å². The Kier molecular flexibility index (Phi) is 7.51. The summed E-state index contributed by atoms with van der Waals surface area (Å²) in [6, 6.07) is 16.8. The van der Waals surface area contributed by atoms with E-state index in [4.69, 9.17) is 14.2 Å². The van der Waals surface area contributed by atoms with E-state index in [2.05, 4.69) is 56.1 Å². The molecule has 0 aromatic heterocycles. The molecular weight excluding hydrogens is 440 g/mol. The normalized spacial score (nSPS) is 15.5. The molecule has 2 unspecified atom stereocenters. The lowest BCUT2D eigenvalue weighted by molar-refractivity contribution is -0.137. The predicted octanol–water partition coefficient (Wildman–Crippen LogP) is 5.22. The van der Waals surface area contributed by atoms with Crippen LogP contribution in [0.15, 0.2) is 48.5 Å². The topological polar surface area (TPSA) is 51.2 Å². The van der Waals surface area contributed by atoms with E-state index < -0.39 is 0 Å². The summed E-state index contributed by atoms with van der Waals surface area (Å²) in [5, 5.41) is 2.34. The van der Waals surface area contributed by atoms with E-state index in [1.54, 1.807) is 21.3 Å². The Balaban J connectivity index is 1.56. The third kappa shape index (κ3) is 4.94. The highest BCUT2D eigenvalue weighted by atomic mass is 16.5. The number of carbonyl (C=O) groups is 1. The maximum atomic E-state index is 13.4. The first-order valence-electron chi connectivity index (χ1n) is 12.2. The van der Waals surface area contributed by atoms with Gasteiger partial charge < -0.3 is 19.1 Å². The van der Waals surface area contributed by atoms with Gasteiger partial charge in [-0.1, -0.05) is 25.1 Å². The lowest BCUT2D eigenvalue weighted by Gasteiger charge is -2.40. The Morgan fingerprint density at radius 1 is 0.914 bits per heavy atom. The zero-order valence-electron chi connectivity index (χ0n) is 21.6. The molecule has 3 aromatic rings. The number of nitrogens with zero attached hydrogens (tertiary/aromatic N) is 2. The van der Waals surface area contributed by atoms with Gasteiger partial charge in [-0.2, -0.15) is 0 Å². The van der Waals surface area contributed by atoms with Crippen LogP contribution in [-0.4, -0.2) is 56.8 Å². The molecule has 6 heteroatoms. The van der Waals surface area contributed by atoms with Crippen molar-refractivity contribution in [2.75, 3.05) is 34.9 Å². The molecule has 0 aliphatic carbocycles. The number of hydrogen-bond acceptors (Lipinski definition) is 5. The van der Waals surface area contributed by atoms with E-state index in [1.165, 1.54) is 10.9 Å². The summed E-state index contributed by atoms with van der Waals surface area (Å²) >= 11 is 0. The summed E-state index contributed by atoms with van der Waals surface area (Å²) in [5.74, 6) is 2.38. The number of hydrogen-bond donors (Lipinski definition) is 0. The molecule has 0 radical (unpaired) electrons. The van der Waals surface area contributed by atoms with Crippen LogP contribution in [0.2, 0.25) is 0 Å². The van der Waals surface area contributed by atoms with Crippen molar-refractivity contribution in [1.82, 2.24) is 9.80 Å². The van der Waals surface area contributed by atoms with Gasteiger partial charge in [-0.25, -0.2) is 0 Å². The van der Waals surface area contributed by atoms with E-state index in [0.29, 0.717) is 24.5 Å². The van der Waals surface area contributed by atoms with Crippen LogP contribution in [0, 0.1) is 0 Å². The van der Waals surface area contributed by atoms with Gasteiger partial charge in [0, 0.05) is 12.6 Å². The minimum Gasteiger partial charge on any atom is -0.497 e. The van der Waals surface area contributed by atoms with Crippen LogP contribution in [0.5, 0.6) is 17.2 Å². The molecule has 0 bridgehead atoms. The van der Waals surface area contributed by atoms with Gasteiger partial charge in [0.1, 0.15) is 5.75 Å². The molecule has 0 N–H and O–H groups in total. The maximum absolute atomic E-state index is 13.4. The first-order valence-corrected chi connectivity index (χ1v) is 12.2. The van der Waals surface area contributed by atoms with Crippen molar-refractivity contribution < 1.29 is 19.0 Å². The van der Waals surface area contributed by atoms with E-state index in [1.807, 2.05) is 23.1 Å². The summed E-state index contributed by atoms with van der Waals surface area (Å²) in [4.78, 5) is 17.8. The van der Waals surface area contributed by atoms with Crippen molar-refractivity contribution in [3.8, 4) is 17.2 Å².